The minimum absolute atomic E-state index is 0.0661. The molecule has 2 aliphatic rings. The van der Waals surface area contributed by atoms with Gasteiger partial charge in [-0.15, -0.1) is 0 Å². The normalized spacial score (nSPS) is 18.7. The second kappa shape index (κ2) is 8.39. The molecule has 30 heavy (non-hydrogen) atoms. The Morgan fingerprint density at radius 3 is 2.87 bits per heavy atom. The highest BCUT2D eigenvalue weighted by Gasteiger charge is 2.42. The first-order valence-electron chi connectivity index (χ1n) is 9.47. The Morgan fingerprint density at radius 2 is 2.10 bits per heavy atom. The van der Waals surface area contributed by atoms with E-state index in [0.29, 0.717) is 47.9 Å². The number of carbonyl (C=O) groups is 2. The van der Waals surface area contributed by atoms with Crippen LogP contribution in [0.15, 0.2) is 68.1 Å². The molecule has 2 heterocycles. The van der Waals surface area contributed by atoms with Crippen LogP contribution in [0.5, 0.6) is 5.75 Å². The number of Topliss-reactive ketones (excluding diaryl/α,β-unsaturated/α-hetero) is 1. The minimum Gasteiger partial charge on any atom is -0.486 e. The number of nitrogens with two attached hydrogens (primary N) is 1. The summed E-state index contributed by atoms with van der Waals surface area (Å²) in [6.45, 7) is 0.187. The van der Waals surface area contributed by atoms with E-state index in [-0.39, 0.29) is 23.8 Å². The van der Waals surface area contributed by atoms with Crippen molar-refractivity contribution in [1.82, 2.24) is 0 Å². The van der Waals surface area contributed by atoms with E-state index < -0.39 is 11.9 Å². The predicted molar refractivity (Wildman–Crippen MR) is 110 cm³/mol. The average molecular weight is 474 g/mol. The molecule has 1 aromatic heterocycles. The molecule has 0 amide bonds. The van der Waals surface area contributed by atoms with E-state index in [4.69, 9.17) is 24.4 Å². The minimum atomic E-state index is -0.770. The lowest BCUT2D eigenvalue weighted by Gasteiger charge is -2.30. The van der Waals surface area contributed by atoms with Gasteiger partial charge in [0.25, 0.3) is 0 Å². The van der Waals surface area contributed by atoms with Crippen molar-refractivity contribution in [1.29, 1.82) is 0 Å². The zero-order valence-electron chi connectivity index (χ0n) is 16.3. The van der Waals surface area contributed by atoms with Crippen molar-refractivity contribution in [2.24, 2.45) is 5.73 Å². The highest BCUT2D eigenvalue weighted by Crippen LogP contribution is 2.44. The summed E-state index contributed by atoms with van der Waals surface area (Å²) < 4.78 is 23.1. The second-order valence-corrected chi connectivity index (χ2v) is 7.88. The van der Waals surface area contributed by atoms with Crippen molar-refractivity contribution >= 4 is 27.7 Å². The molecule has 7 nitrogen and oxygen atoms in total. The van der Waals surface area contributed by atoms with E-state index in [2.05, 4.69) is 15.9 Å². The van der Waals surface area contributed by atoms with Gasteiger partial charge < -0.3 is 24.4 Å². The first-order chi connectivity index (χ1) is 14.5. The predicted octanol–water partition coefficient (Wildman–Crippen LogP) is 4.09. The van der Waals surface area contributed by atoms with Crippen LogP contribution in [0.25, 0.3) is 0 Å². The van der Waals surface area contributed by atoms with E-state index in [0.717, 1.165) is 4.47 Å². The zero-order valence-corrected chi connectivity index (χ0v) is 17.9. The van der Waals surface area contributed by atoms with Gasteiger partial charge in [-0.1, -0.05) is 22.0 Å². The number of benzene rings is 1. The van der Waals surface area contributed by atoms with E-state index in [1.54, 1.807) is 12.1 Å². The van der Waals surface area contributed by atoms with Crippen LogP contribution in [0.3, 0.4) is 0 Å². The molecule has 2 N–H and O–H groups in total. The summed E-state index contributed by atoms with van der Waals surface area (Å²) in [6.07, 6.45) is 1.63. The molecule has 2 aromatic rings. The van der Waals surface area contributed by atoms with Crippen molar-refractivity contribution in [3.63, 3.8) is 0 Å². The number of rotatable bonds is 5. The molecule has 0 fully saturated rings. The first-order valence-corrected chi connectivity index (χ1v) is 10.3. The number of furan rings is 1. The largest absolute Gasteiger partial charge is 0.486 e. The smallest absolute Gasteiger partial charge is 0.340 e. The van der Waals surface area contributed by atoms with Crippen LogP contribution in [0, 0.1) is 0 Å². The van der Waals surface area contributed by atoms with Crippen molar-refractivity contribution < 1.29 is 28.2 Å². The van der Waals surface area contributed by atoms with E-state index in [1.165, 1.54) is 7.11 Å². The summed E-state index contributed by atoms with van der Waals surface area (Å²) in [7, 11) is 1.26. The number of allylic oxidation sites excluding steroid dienone is 2. The molecule has 0 saturated carbocycles. The van der Waals surface area contributed by atoms with Crippen molar-refractivity contribution in [2.45, 2.75) is 31.8 Å². The summed E-state index contributed by atoms with van der Waals surface area (Å²) in [5.74, 6) is 0.549. The van der Waals surface area contributed by atoms with E-state index in [9.17, 15) is 9.59 Å². The van der Waals surface area contributed by atoms with Crippen LogP contribution in [0.1, 0.15) is 36.7 Å². The van der Waals surface area contributed by atoms with Crippen LogP contribution in [0.2, 0.25) is 0 Å². The van der Waals surface area contributed by atoms with Gasteiger partial charge in [0.1, 0.15) is 35.2 Å². The SMILES string of the molecule is COC(=O)C1=C(N)OC2=C(C(=O)CCC2)C1c1ccc(COc2cccc(Br)c2)o1. The van der Waals surface area contributed by atoms with Gasteiger partial charge in [0.15, 0.2) is 5.78 Å². The number of hydrogen-bond acceptors (Lipinski definition) is 7. The maximum absolute atomic E-state index is 12.7. The fourth-order valence-electron chi connectivity index (χ4n) is 3.69. The summed E-state index contributed by atoms with van der Waals surface area (Å²) in [5, 5.41) is 0. The summed E-state index contributed by atoms with van der Waals surface area (Å²) in [4.78, 5) is 25.1. The van der Waals surface area contributed by atoms with Gasteiger partial charge >= 0.3 is 5.97 Å². The van der Waals surface area contributed by atoms with Gasteiger partial charge in [0.2, 0.25) is 5.88 Å². The third-order valence-corrected chi connectivity index (χ3v) is 5.53. The van der Waals surface area contributed by atoms with Gasteiger partial charge in [0, 0.05) is 22.9 Å². The molecule has 4 rings (SSSR count). The van der Waals surface area contributed by atoms with Crippen LogP contribution in [-0.2, 0) is 25.7 Å². The molecular formula is C22H20BrNO6. The monoisotopic (exact) mass is 473 g/mol. The molecule has 1 aromatic carbocycles. The number of halogens is 1. The fourth-order valence-corrected chi connectivity index (χ4v) is 4.07. The molecule has 1 atom stereocenters. The van der Waals surface area contributed by atoms with Crippen LogP contribution in [0.4, 0.5) is 0 Å². The molecule has 1 aliphatic heterocycles. The van der Waals surface area contributed by atoms with Crippen LogP contribution < -0.4 is 10.5 Å². The molecule has 0 radical (unpaired) electrons. The molecule has 1 unspecified atom stereocenters. The van der Waals surface area contributed by atoms with Gasteiger partial charge in [0.05, 0.1) is 13.0 Å². The Balaban J connectivity index is 1.65. The summed E-state index contributed by atoms with van der Waals surface area (Å²) in [5.41, 5.74) is 6.51. The molecular weight excluding hydrogens is 454 g/mol. The van der Waals surface area contributed by atoms with Crippen LogP contribution >= 0.6 is 15.9 Å². The standard InChI is InChI=1S/C22H20BrNO6/c1-27-22(26)20-19(18-15(25)6-3-7-16(18)30-21(20)24)17-9-8-14(29-17)11-28-13-5-2-4-12(23)10-13/h2,4-5,8-10,19H,3,6-7,11,24H2,1H3. The average Bonchev–Trinajstić information content (AvgIpc) is 3.20. The van der Waals surface area contributed by atoms with Gasteiger partial charge in [-0.25, -0.2) is 4.79 Å². The quantitative estimate of drug-likeness (QED) is 0.652. The lowest BCUT2D eigenvalue weighted by Crippen LogP contribution is -2.31. The van der Waals surface area contributed by atoms with Crippen molar-refractivity contribution in [3.05, 3.63) is 75.2 Å². The molecule has 0 saturated heterocycles. The van der Waals surface area contributed by atoms with Crippen molar-refractivity contribution in [3.8, 4) is 5.75 Å². The van der Waals surface area contributed by atoms with Gasteiger partial charge in [-0.05, 0) is 36.8 Å². The number of ketones is 1. The topological polar surface area (TPSA) is 101 Å². The first kappa shape index (κ1) is 20.3. The Morgan fingerprint density at radius 1 is 1.27 bits per heavy atom. The van der Waals surface area contributed by atoms with Crippen LogP contribution in [-0.4, -0.2) is 18.9 Å². The summed E-state index contributed by atoms with van der Waals surface area (Å²) >= 11 is 3.40. The second-order valence-electron chi connectivity index (χ2n) is 6.97. The summed E-state index contributed by atoms with van der Waals surface area (Å²) in [6, 6.07) is 10.9. The van der Waals surface area contributed by atoms with E-state index in [1.807, 2.05) is 24.3 Å². The zero-order chi connectivity index (χ0) is 21.3. The van der Waals surface area contributed by atoms with Gasteiger partial charge in [-0.3, -0.25) is 4.79 Å². The molecule has 8 heteroatoms. The molecule has 0 spiro atoms. The third-order valence-electron chi connectivity index (χ3n) is 5.03. The Bertz CT molecular complexity index is 1070. The Kier molecular flexibility index (Phi) is 5.67. The Hall–Kier alpha value is -3.00. The number of esters is 1. The fraction of sp³-hybridized carbons (Fsp3) is 0.273. The van der Waals surface area contributed by atoms with E-state index >= 15 is 0 Å². The maximum Gasteiger partial charge on any atom is 0.340 e. The lowest BCUT2D eigenvalue weighted by atomic mass is 9.79. The highest BCUT2D eigenvalue weighted by atomic mass is 79.9. The molecule has 1 aliphatic carbocycles. The number of hydrogen-bond donors (Lipinski definition) is 1. The number of methoxy groups -OCH3 is 1. The third kappa shape index (κ3) is 3.87. The number of ether oxygens (including phenoxy) is 3. The number of carbonyl (C=O) groups excluding carboxylic acids is 2. The van der Waals surface area contributed by atoms with Crippen molar-refractivity contribution in [2.75, 3.05) is 7.11 Å². The molecule has 0 bridgehead atoms. The maximum atomic E-state index is 12.7. The Labute approximate surface area is 181 Å². The highest BCUT2D eigenvalue weighted by molar-refractivity contribution is 9.10. The molecule has 156 valence electrons. The lowest BCUT2D eigenvalue weighted by molar-refractivity contribution is -0.136. The van der Waals surface area contributed by atoms with Gasteiger partial charge in [-0.2, -0.15) is 0 Å².